The molecule has 0 fully saturated rings. The van der Waals surface area contributed by atoms with Gasteiger partial charge in [0.25, 0.3) is 11.4 Å². The molecule has 0 bridgehead atoms. The van der Waals surface area contributed by atoms with Crippen LogP contribution in [-0.4, -0.2) is 61.2 Å². The Labute approximate surface area is 324 Å². The molecule has 56 heavy (non-hydrogen) atoms. The van der Waals surface area contributed by atoms with Crippen molar-refractivity contribution in [2.45, 2.75) is 67.2 Å². The molecule has 2 aliphatic rings. The first-order valence-electron chi connectivity index (χ1n) is 17.7. The van der Waals surface area contributed by atoms with Crippen molar-refractivity contribution in [3.05, 3.63) is 125 Å². The van der Waals surface area contributed by atoms with E-state index < -0.39 is 45.6 Å². The zero-order chi connectivity index (χ0) is 42.0. The Bertz CT molecular complexity index is 1880. The smallest absolute Gasteiger partial charge is 0.336 e. The molecule has 0 amide bonds. The van der Waals surface area contributed by atoms with Crippen LogP contribution in [-0.2, 0) is 38.1 Å². The van der Waals surface area contributed by atoms with Gasteiger partial charge in [0.2, 0.25) is 0 Å². The average Bonchev–Trinajstić information content (AvgIpc) is 3.14. The monoisotopic (exact) mass is 776 g/mol. The van der Waals surface area contributed by atoms with E-state index in [-0.39, 0.29) is 69.8 Å². The second-order valence-corrected chi connectivity index (χ2v) is 13.9. The number of nitro benzene ring substituents is 2. The normalized spacial score (nSPS) is 16.7. The van der Waals surface area contributed by atoms with Crippen molar-refractivity contribution in [3.8, 4) is 0 Å². The SMILES string of the molecule is COC(=O)C1=C(C)NC(C)=C(C(=O)OCC(C)C)C1c1ccccc1[N+](=O)[O-].COC(=O)C1=C(C)NC(C)=C(C(=O)OCC(C)C)C1c1ccccc1[N+](=O)[O-]. The van der Waals surface area contributed by atoms with Crippen LogP contribution in [0.15, 0.2) is 93.6 Å². The average molecular weight is 777 g/mol. The summed E-state index contributed by atoms with van der Waals surface area (Å²) in [5, 5.41) is 29.2. The molecule has 0 saturated heterocycles. The zero-order valence-corrected chi connectivity index (χ0v) is 33.1. The molecular weight excluding hydrogens is 728 g/mol. The summed E-state index contributed by atoms with van der Waals surface area (Å²) in [4.78, 5) is 72.9. The number of carbonyl (C=O) groups excluding carboxylic acids is 4. The molecular formula is C40H48N4O12. The van der Waals surface area contributed by atoms with Gasteiger partial charge in [0, 0.05) is 46.0 Å². The quantitative estimate of drug-likeness (QED) is 0.103. The van der Waals surface area contributed by atoms with Gasteiger partial charge in [-0.05, 0) is 39.5 Å². The lowest BCUT2D eigenvalue weighted by Crippen LogP contribution is -2.32. The number of ether oxygens (including phenoxy) is 4. The molecule has 0 radical (unpaired) electrons. The minimum Gasteiger partial charge on any atom is -0.466 e. The highest BCUT2D eigenvalue weighted by molar-refractivity contribution is 6.01. The number of nitrogens with one attached hydrogen (secondary N) is 2. The van der Waals surface area contributed by atoms with E-state index in [1.165, 1.54) is 50.6 Å². The number of hydrogen-bond acceptors (Lipinski definition) is 14. The summed E-state index contributed by atoms with van der Waals surface area (Å²) in [6.45, 7) is 14.6. The van der Waals surface area contributed by atoms with Crippen LogP contribution in [0, 0.1) is 32.1 Å². The van der Waals surface area contributed by atoms with E-state index in [0.29, 0.717) is 22.8 Å². The number of allylic oxidation sites excluding steroid dienone is 4. The standard InChI is InChI=1S/2C20H24N2O6/c2*1-11(2)10-28-20(24)17-13(4)21-12(3)16(19(23)27-5)18(17)14-8-6-7-9-15(14)22(25)26/h2*6-9,11,18,21H,10H2,1-5H3. The van der Waals surface area contributed by atoms with E-state index in [0.717, 1.165) is 0 Å². The lowest BCUT2D eigenvalue weighted by Gasteiger charge is -2.30. The van der Waals surface area contributed by atoms with Crippen molar-refractivity contribution < 1.29 is 48.0 Å². The highest BCUT2D eigenvalue weighted by atomic mass is 16.6. The molecule has 2 aromatic carbocycles. The third-order valence-corrected chi connectivity index (χ3v) is 8.76. The summed E-state index contributed by atoms with van der Waals surface area (Å²) < 4.78 is 20.5. The molecule has 2 N–H and O–H groups in total. The zero-order valence-electron chi connectivity index (χ0n) is 33.1. The number of carbonyl (C=O) groups is 4. The lowest BCUT2D eigenvalue weighted by atomic mass is 9.79. The van der Waals surface area contributed by atoms with Crippen LogP contribution in [0.5, 0.6) is 0 Å². The van der Waals surface area contributed by atoms with Crippen molar-refractivity contribution >= 4 is 35.3 Å². The Hall–Kier alpha value is -6.32. The summed E-state index contributed by atoms with van der Waals surface area (Å²) in [6.07, 6.45) is 0. The maximum atomic E-state index is 12.9. The van der Waals surface area contributed by atoms with Crippen LogP contribution in [0.3, 0.4) is 0 Å². The van der Waals surface area contributed by atoms with Gasteiger partial charge in [-0.3, -0.25) is 20.2 Å². The number of hydrogen-bond donors (Lipinski definition) is 2. The lowest BCUT2D eigenvalue weighted by molar-refractivity contribution is -0.385. The fraction of sp³-hybridized carbons (Fsp3) is 0.400. The summed E-state index contributed by atoms with van der Waals surface area (Å²) in [6, 6.07) is 12.1. The van der Waals surface area contributed by atoms with Gasteiger partial charge >= 0.3 is 23.9 Å². The molecule has 0 saturated carbocycles. The maximum Gasteiger partial charge on any atom is 0.336 e. The van der Waals surface area contributed by atoms with E-state index >= 15 is 0 Å². The predicted molar refractivity (Wildman–Crippen MR) is 204 cm³/mol. The van der Waals surface area contributed by atoms with Gasteiger partial charge in [0.05, 0.1) is 71.4 Å². The number of benzene rings is 2. The van der Waals surface area contributed by atoms with Gasteiger partial charge in [-0.15, -0.1) is 0 Å². The number of methoxy groups -OCH3 is 2. The van der Waals surface area contributed by atoms with Crippen molar-refractivity contribution in [1.29, 1.82) is 0 Å². The summed E-state index contributed by atoms with van der Waals surface area (Å²) >= 11 is 0. The van der Waals surface area contributed by atoms with Crippen LogP contribution in [0.2, 0.25) is 0 Å². The van der Waals surface area contributed by atoms with E-state index in [9.17, 15) is 39.4 Å². The Morgan fingerprint density at radius 3 is 1.12 bits per heavy atom. The van der Waals surface area contributed by atoms with Gasteiger partial charge in [-0.1, -0.05) is 64.1 Å². The first-order chi connectivity index (χ1) is 26.4. The summed E-state index contributed by atoms with van der Waals surface area (Å²) in [7, 11) is 2.45. The first-order valence-corrected chi connectivity index (χ1v) is 17.7. The molecule has 2 aliphatic heterocycles. The van der Waals surface area contributed by atoms with Crippen molar-refractivity contribution in [3.63, 3.8) is 0 Å². The van der Waals surface area contributed by atoms with Gasteiger partial charge in [-0.25, -0.2) is 19.2 Å². The van der Waals surface area contributed by atoms with Crippen molar-refractivity contribution in [1.82, 2.24) is 10.6 Å². The van der Waals surface area contributed by atoms with Crippen LogP contribution >= 0.6 is 0 Å². The highest BCUT2D eigenvalue weighted by Gasteiger charge is 2.42. The fourth-order valence-electron chi connectivity index (χ4n) is 6.35. The van der Waals surface area contributed by atoms with Gasteiger partial charge < -0.3 is 29.6 Å². The number of esters is 4. The molecule has 2 aromatic rings. The van der Waals surface area contributed by atoms with Crippen LogP contribution in [0.1, 0.15) is 78.4 Å². The van der Waals surface area contributed by atoms with E-state index in [2.05, 4.69) is 10.6 Å². The molecule has 2 heterocycles. The number of rotatable bonds is 12. The largest absolute Gasteiger partial charge is 0.466 e. The van der Waals surface area contributed by atoms with Crippen LogP contribution in [0.25, 0.3) is 0 Å². The Balaban J connectivity index is 0.000000300. The topological polar surface area (TPSA) is 216 Å². The highest BCUT2D eigenvalue weighted by Crippen LogP contribution is 2.44. The molecule has 16 nitrogen and oxygen atoms in total. The van der Waals surface area contributed by atoms with E-state index in [1.807, 2.05) is 27.7 Å². The minimum atomic E-state index is -0.977. The molecule has 4 rings (SSSR count). The Morgan fingerprint density at radius 2 is 0.857 bits per heavy atom. The number of dihydropyridines is 2. The van der Waals surface area contributed by atoms with Gasteiger partial charge in [-0.2, -0.15) is 0 Å². The summed E-state index contributed by atoms with van der Waals surface area (Å²) in [5.74, 6) is -4.33. The fourth-order valence-corrected chi connectivity index (χ4v) is 6.35. The van der Waals surface area contributed by atoms with Gasteiger partial charge in [0.1, 0.15) is 0 Å². The number of para-hydroxylation sites is 2. The first kappa shape index (κ1) is 44.1. The molecule has 300 valence electrons. The second kappa shape index (κ2) is 19.3. The van der Waals surface area contributed by atoms with E-state index in [4.69, 9.17) is 18.9 Å². The van der Waals surface area contributed by atoms with Crippen LogP contribution in [0.4, 0.5) is 11.4 Å². The number of nitrogens with zero attached hydrogens (tertiary/aromatic N) is 2. The number of nitro groups is 2. The molecule has 2 atom stereocenters. The Kier molecular flexibility index (Phi) is 15.2. The van der Waals surface area contributed by atoms with Crippen molar-refractivity contribution in [2.75, 3.05) is 27.4 Å². The van der Waals surface area contributed by atoms with Crippen LogP contribution < -0.4 is 10.6 Å². The minimum absolute atomic E-state index is 0.114. The second-order valence-electron chi connectivity index (χ2n) is 13.9. The molecule has 0 aliphatic carbocycles. The Morgan fingerprint density at radius 1 is 0.571 bits per heavy atom. The third-order valence-electron chi connectivity index (χ3n) is 8.76. The molecule has 0 spiro atoms. The van der Waals surface area contributed by atoms with Crippen molar-refractivity contribution in [2.24, 2.45) is 11.8 Å². The van der Waals surface area contributed by atoms with E-state index in [1.54, 1.807) is 39.8 Å². The van der Waals surface area contributed by atoms with Gasteiger partial charge in [0.15, 0.2) is 0 Å². The maximum absolute atomic E-state index is 12.9. The molecule has 16 heteroatoms. The summed E-state index contributed by atoms with van der Waals surface area (Å²) in [5.41, 5.74) is 2.54. The predicted octanol–water partition coefficient (Wildman–Crippen LogP) is 6.40. The third kappa shape index (κ3) is 10.0. The molecule has 2 unspecified atom stereocenters. The molecule has 0 aromatic heterocycles.